The molecule has 0 unspecified atom stereocenters. The van der Waals surface area contributed by atoms with Gasteiger partial charge >= 0.3 is 6.09 Å². The van der Waals surface area contributed by atoms with E-state index < -0.39 is 12.2 Å². The standard InChI is InChI=1S/C8H16N2O3/c1-8(5-10-7(12)13)2-3-9-4-6(8)11/h6,9-11H,2-5H2,1H3,(H,12,13)/t6-,8-/m0/s1. The molecule has 1 aliphatic rings. The van der Waals surface area contributed by atoms with Gasteiger partial charge in [-0.05, 0) is 13.0 Å². The Hall–Kier alpha value is -0.810. The molecular formula is C8H16N2O3. The second kappa shape index (κ2) is 3.93. The molecule has 0 aliphatic carbocycles. The summed E-state index contributed by atoms with van der Waals surface area (Å²) in [6.45, 7) is 3.58. The van der Waals surface area contributed by atoms with E-state index in [1.165, 1.54) is 0 Å². The molecule has 0 spiro atoms. The van der Waals surface area contributed by atoms with Gasteiger partial charge in [0.1, 0.15) is 0 Å². The molecule has 1 fully saturated rings. The lowest BCUT2D eigenvalue weighted by atomic mass is 9.78. The third kappa shape index (κ3) is 2.57. The highest BCUT2D eigenvalue weighted by molar-refractivity contribution is 5.64. The Morgan fingerprint density at radius 2 is 2.46 bits per heavy atom. The Balaban J connectivity index is 2.46. The number of aliphatic hydroxyl groups is 1. The number of rotatable bonds is 2. The van der Waals surface area contributed by atoms with Crippen molar-refractivity contribution >= 4 is 6.09 Å². The van der Waals surface area contributed by atoms with Gasteiger partial charge in [0.15, 0.2) is 0 Å². The van der Waals surface area contributed by atoms with Gasteiger partial charge < -0.3 is 20.8 Å². The first-order valence-corrected chi connectivity index (χ1v) is 4.40. The fraction of sp³-hybridized carbons (Fsp3) is 0.875. The highest BCUT2D eigenvalue weighted by Crippen LogP contribution is 2.27. The molecule has 1 heterocycles. The maximum atomic E-state index is 10.3. The number of β-amino-alcohol motifs (C(OH)–C–C–N with tert-alkyl or cyclic N) is 1. The molecule has 0 aromatic carbocycles. The highest BCUT2D eigenvalue weighted by atomic mass is 16.4. The molecule has 2 atom stereocenters. The molecule has 5 nitrogen and oxygen atoms in total. The summed E-state index contributed by atoms with van der Waals surface area (Å²) in [5, 5.41) is 23.4. The van der Waals surface area contributed by atoms with Crippen LogP contribution in [-0.2, 0) is 0 Å². The second-order valence-electron chi connectivity index (χ2n) is 3.78. The van der Waals surface area contributed by atoms with Gasteiger partial charge in [-0.25, -0.2) is 4.79 Å². The van der Waals surface area contributed by atoms with Gasteiger partial charge in [0.05, 0.1) is 6.10 Å². The number of amides is 1. The Morgan fingerprint density at radius 1 is 1.77 bits per heavy atom. The van der Waals surface area contributed by atoms with Crippen molar-refractivity contribution in [2.75, 3.05) is 19.6 Å². The molecule has 0 radical (unpaired) electrons. The van der Waals surface area contributed by atoms with Crippen LogP contribution in [0.2, 0.25) is 0 Å². The number of aliphatic hydroxyl groups excluding tert-OH is 1. The van der Waals surface area contributed by atoms with Gasteiger partial charge in [-0.3, -0.25) is 0 Å². The van der Waals surface area contributed by atoms with E-state index in [9.17, 15) is 9.90 Å². The molecular weight excluding hydrogens is 172 g/mol. The molecule has 5 heteroatoms. The quantitative estimate of drug-likeness (QED) is 0.476. The molecule has 1 aliphatic heterocycles. The lowest BCUT2D eigenvalue weighted by Gasteiger charge is -2.38. The Morgan fingerprint density at radius 3 is 3.00 bits per heavy atom. The number of hydrogen-bond donors (Lipinski definition) is 4. The van der Waals surface area contributed by atoms with Crippen LogP contribution in [0.15, 0.2) is 0 Å². The lowest BCUT2D eigenvalue weighted by Crippen LogP contribution is -2.52. The van der Waals surface area contributed by atoms with Gasteiger partial charge in [-0.2, -0.15) is 0 Å². The second-order valence-corrected chi connectivity index (χ2v) is 3.78. The largest absolute Gasteiger partial charge is 0.465 e. The van der Waals surface area contributed by atoms with Gasteiger partial charge in [0.25, 0.3) is 0 Å². The summed E-state index contributed by atoms with van der Waals surface area (Å²) in [7, 11) is 0. The van der Waals surface area contributed by atoms with Gasteiger partial charge in [-0.15, -0.1) is 0 Å². The smallest absolute Gasteiger partial charge is 0.404 e. The van der Waals surface area contributed by atoms with E-state index in [0.29, 0.717) is 13.1 Å². The fourth-order valence-electron chi connectivity index (χ4n) is 1.51. The fourth-order valence-corrected chi connectivity index (χ4v) is 1.51. The predicted molar refractivity (Wildman–Crippen MR) is 47.6 cm³/mol. The first-order chi connectivity index (χ1) is 6.04. The van der Waals surface area contributed by atoms with Gasteiger partial charge in [0, 0.05) is 18.5 Å². The van der Waals surface area contributed by atoms with Crippen molar-refractivity contribution in [1.82, 2.24) is 10.6 Å². The summed E-state index contributed by atoms with van der Waals surface area (Å²) in [6, 6.07) is 0. The topological polar surface area (TPSA) is 81.6 Å². The van der Waals surface area contributed by atoms with Gasteiger partial charge in [-0.1, -0.05) is 6.92 Å². The van der Waals surface area contributed by atoms with Crippen LogP contribution in [0.1, 0.15) is 13.3 Å². The molecule has 13 heavy (non-hydrogen) atoms. The summed E-state index contributed by atoms with van der Waals surface area (Å²) in [5.41, 5.74) is -0.330. The Bertz CT molecular complexity index is 198. The summed E-state index contributed by atoms with van der Waals surface area (Å²) in [4.78, 5) is 10.3. The molecule has 0 saturated carbocycles. The lowest BCUT2D eigenvalue weighted by molar-refractivity contribution is 0.0131. The molecule has 0 aromatic rings. The number of carbonyl (C=O) groups is 1. The Kier molecular flexibility index (Phi) is 3.11. The summed E-state index contributed by atoms with van der Waals surface area (Å²) in [6.07, 6.45) is -0.728. The van der Waals surface area contributed by atoms with Crippen molar-refractivity contribution in [1.29, 1.82) is 0 Å². The summed E-state index contributed by atoms with van der Waals surface area (Å²) in [5.74, 6) is 0. The van der Waals surface area contributed by atoms with Crippen LogP contribution in [0.3, 0.4) is 0 Å². The van der Waals surface area contributed by atoms with Crippen LogP contribution >= 0.6 is 0 Å². The van der Waals surface area contributed by atoms with Crippen molar-refractivity contribution in [3.05, 3.63) is 0 Å². The average molecular weight is 188 g/mol. The zero-order valence-electron chi connectivity index (χ0n) is 7.71. The van der Waals surface area contributed by atoms with E-state index in [2.05, 4.69) is 10.6 Å². The van der Waals surface area contributed by atoms with Crippen molar-refractivity contribution < 1.29 is 15.0 Å². The minimum absolute atomic E-state index is 0.311. The number of hydrogen-bond acceptors (Lipinski definition) is 3. The first-order valence-electron chi connectivity index (χ1n) is 4.40. The molecule has 0 aromatic heterocycles. The van der Waals surface area contributed by atoms with Crippen molar-refractivity contribution in [3.8, 4) is 0 Å². The van der Waals surface area contributed by atoms with Crippen LogP contribution in [0.4, 0.5) is 4.79 Å². The Labute approximate surface area is 77.1 Å². The van der Waals surface area contributed by atoms with Crippen LogP contribution in [-0.4, -0.2) is 42.0 Å². The molecule has 1 amide bonds. The number of carboxylic acid groups (broad SMARTS) is 1. The van der Waals surface area contributed by atoms with E-state index in [1.807, 2.05) is 6.92 Å². The minimum atomic E-state index is -1.04. The van der Waals surface area contributed by atoms with E-state index >= 15 is 0 Å². The molecule has 1 rings (SSSR count). The summed E-state index contributed by atoms with van der Waals surface area (Å²) < 4.78 is 0. The molecule has 4 N–H and O–H groups in total. The molecule has 76 valence electrons. The monoisotopic (exact) mass is 188 g/mol. The minimum Gasteiger partial charge on any atom is -0.465 e. The maximum absolute atomic E-state index is 10.3. The average Bonchev–Trinajstić information content (AvgIpc) is 2.07. The highest BCUT2D eigenvalue weighted by Gasteiger charge is 2.35. The third-order valence-corrected chi connectivity index (χ3v) is 2.66. The number of piperidine rings is 1. The predicted octanol–water partition coefficient (Wildman–Crippen LogP) is -0.385. The van der Waals surface area contributed by atoms with E-state index in [0.717, 1.165) is 13.0 Å². The van der Waals surface area contributed by atoms with Gasteiger partial charge in [0.2, 0.25) is 0 Å². The van der Waals surface area contributed by atoms with E-state index in [-0.39, 0.29) is 5.41 Å². The van der Waals surface area contributed by atoms with E-state index in [4.69, 9.17) is 5.11 Å². The van der Waals surface area contributed by atoms with Crippen molar-refractivity contribution in [2.45, 2.75) is 19.4 Å². The van der Waals surface area contributed by atoms with Crippen LogP contribution in [0.25, 0.3) is 0 Å². The third-order valence-electron chi connectivity index (χ3n) is 2.66. The first kappa shape index (κ1) is 10.3. The molecule has 1 saturated heterocycles. The van der Waals surface area contributed by atoms with Crippen molar-refractivity contribution in [3.63, 3.8) is 0 Å². The van der Waals surface area contributed by atoms with Crippen LogP contribution < -0.4 is 10.6 Å². The normalized spacial score (nSPS) is 34.2. The SMILES string of the molecule is C[C@@]1(CNC(=O)O)CCNC[C@@H]1O. The van der Waals surface area contributed by atoms with Crippen molar-refractivity contribution in [2.24, 2.45) is 5.41 Å². The summed E-state index contributed by atoms with van der Waals surface area (Å²) >= 11 is 0. The van der Waals surface area contributed by atoms with Crippen LogP contribution in [0, 0.1) is 5.41 Å². The zero-order chi connectivity index (χ0) is 9.90. The van der Waals surface area contributed by atoms with E-state index in [1.54, 1.807) is 0 Å². The van der Waals surface area contributed by atoms with Crippen LogP contribution in [0.5, 0.6) is 0 Å². The maximum Gasteiger partial charge on any atom is 0.404 e. The number of nitrogens with one attached hydrogen (secondary N) is 2. The zero-order valence-corrected chi connectivity index (χ0v) is 7.71. The molecule has 0 bridgehead atoms.